The molecule has 358 valence electrons. The standard InChI is InChI=1S/C38H52N14O12S2/c1-3-65-66-17-25(36(63)64)50-34(61)24(14-28(56)57)49-32(59)22(5-4-12-42-37(39)40)48-33(60)23(13-27(54)55)47-26(53)11-6-18(2)45-31(58)19-7-9-20(10-8-19)43-15-21-16-44-30-29(46-21)35(62)52-38(41)51-30/h7-10,16,18,22-25,43H,3-6,11-15,17H2,1-2H3,(H,45,58)(H,47,53)(H,48,60)(H,49,59)(H,50,61)(H,54,55)(H,56,57)(H,63,64)(H4,39,40,42)(H3,41,44,51,52,62)/t18-,22+,23+,24+,25-/m1/s1. The van der Waals surface area contributed by atoms with Gasteiger partial charge < -0.3 is 64.4 Å². The molecule has 0 aliphatic rings. The van der Waals surface area contributed by atoms with E-state index in [1.807, 2.05) is 6.92 Å². The fraction of sp³-hybridized carbons (Fsp3) is 0.447. The lowest BCUT2D eigenvalue weighted by Crippen LogP contribution is -2.58. The van der Waals surface area contributed by atoms with E-state index in [9.17, 15) is 58.5 Å². The maximum atomic E-state index is 13.6. The number of hydrogen-bond acceptors (Lipinski definition) is 17. The molecule has 16 N–H and O–H groups in total. The Morgan fingerprint density at radius 2 is 1.41 bits per heavy atom. The van der Waals surface area contributed by atoms with Gasteiger partial charge >= 0.3 is 17.9 Å². The van der Waals surface area contributed by atoms with Gasteiger partial charge in [-0.2, -0.15) is 4.98 Å². The number of amides is 5. The van der Waals surface area contributed by atoms with Crippen molar-refractivity contribution >= 4 is 97.8 Å². The van der Waals surface area contributed by atoms with E-state index in [4.69, 9.17) is 17.2 Å². The number of H-pyrrole nitrogens is 1. The second-order valence-electron chi connectivity index (χ2n) is 14.3. The maximum absolute atomic E-state index is 13.6. The number of aromatic amines is 1. The summed E-state index contributed by atoms with van der Waals surface area (Å²) in [5.74, 6) is -8.80. The van der Waals surface area contributed by atoms with Gasteiger partial charge in [-0.15, -0.1) is 0 Å². The summed E-state index contributed by atoms with van der Waals surface area (Å²) >= 11 is 0. The molecule has 0 aliphatic carbocycles. The molecule has 26 nitrogen and oxygen atoms in total. The van der Waals surface area contributed by atoms with Crippen LogP contribution in [0.5, 0.6) is 0 Å². The average molecular weight is 961 g/mol. The van der Waals surface area contributed by atoms with E-state index in [-0.39, 0.29) is 73.2 Å². The summed E-state index contributed by atoms with van der Waals surface area (Å²) in [5, 5.41) is 43.6. The Bertz CT molecular complexity index is 2310. The van der Waals surface area contributed by atoms with Crippen LogP contribution in [0.15, 0.2) is 40.2 Å². The third kappa shape index (κ3) is 18.5. The van der Waals surface area contributed by atoms with Crippen molar-refractivity contribution in [3.63, 3.8) is 0 Å². The van der Waals surface area contributed by atoms with Crippen molar-refractivity contribution < 1.29 is 53.7 Å². The van der Waals surface area contributed by atoms with Crippen LogP contribution in [0.3, 0.4) is 0 Å². The first kappa shape index (κ1) is 53.1. The molecule has 2 aromatic heterocycles. The number of nitrogens with two attached hydrogens (primary N) is 3. The van der Waals surface area contributed by atoms with Crippen LogP contribution in [0.2, 0.25) is 0 Å². The number of rotatable bonds is 28. The highest BCUT2D eigenvalue weighted by molar-refractivity contribution is 8.76. The van der Waals surface area contributed by atoms with Gasteiger partial charge in [0.05, 0.1) is 31.3 Å². The predicted octanol–water partition coefficient (Wildman–Crippen LogP) is -1.77. The summed E-state index contributed by atoms with van der Waals surface area (Å²) in [7, 11) is 2.48. The van der Waals surface area contributed by atoms with Gasteiger partial charge in [-0.25, -0.2) is 14.8 Å². The number of nitrogen functional groups attached to an aromatic ring is 1. The molecule has 1 aromatic carbocycles. The number of hydrogen-bond donors (Lipinski definition) is 13. The topological polar surface area (TPSA) is 431 Å². The second kappa shape index (κ2) is 26.5. The Balaban J connectivity index is 1.61. The average Bonchev–Trinajstić information content (AvgIpc) is 3.24. The third-order valence-corrected chi connectivity index (χ3v) is 11.4. The molecule has 0 spiro atoms. The molecule has 3 aromatic rings. The van der Waals surface area contributed by atoms with Crippen molar-refractivity contribution in [1.82, 2.24) is 46.5 Å². The smallest absolute Gasteiger partial charge is 0.327 e. The Morgan fingerprint density at radius 1 is 0.803 bits per heavy atom. The van der Waals surface area contributed by atoms with E-state index >= 15 is 0 Å². The lowest BCUT2D eigenvalue weighted by molar-refractivity contribution is -0.143. The number of nitrogens with one attached hydrogen (secondary N) is 7. The second-order valence-corrected chi connectivity index (χ2v) is 17.1. The zero-order valence-corrected chi connectivity index (χ0v) is 37.3. The number of fused-ring (bicyclic) bond motifs is 1. The first-order chi connectivity index (χ1) is 31.3. The predicted molar refractivity (Wildman–Crippen MR) is 243 cm³/mol. The van der Waals surface area contributed by atoms with E-state index in [1.165, 1.54) is 17.0 Å². The first-order valence-corrected chi connectivity index (χ1v) is 22.6. The zero-order chi connectivity index (χ0) is 48.9. The van der Waals surface area contributed by atoms with Crippen LogP contribution in [0.4, 0.5) is 11.6 Å². The zero-order valence-electron chi connectivity index (χ0n) is 35.7. The molecule has 0 unspecified atom stereocenters. The quantitative estimate of drug-likeness (QED) is 0.0166. The highest BCUT2D eigenvalue weighted by Gasteiger charge is 2.33. The van der Waals surface area contributed by atoms with Crippen molar-refractivity contribution in [2.75, 3.05) is 29.1 Å². The van der Waals surface area contributed by atoms with Crippen LogP contribution >= 0.6 is 21.6 Å². The van der Waals surface area contributed by atoms with E-state index in [0.717, 1.165) is 10.8 Å². The molecular weight excluding hydrogens is 909 g/mol. The van der Waals surface area contributed by atoms with Gasteiger partial charge in [-0.1, -0.05) is 28.5 Å². The molecule has 5 atom stereocenters. The van der Waals surface area contributed by atoms with Crippen LogP contribution in [0.25, 0.3) is 11.2 Å². The molecule has 0 radical (unpaired) electrons. The number of aromatic nitrogens is 4. The van der Waals surface area contributed by atoms with Crippen molar-refractivity contribution in [2.45, 2.75) is 89.1 Å². The number of carbonyl (C=O) groups excluding carboxylic acids is 5. The van der Waals surface area contributed by atoms with Gasteiger partial charge in [0.1, 0.15) is 24.2 Å². The van der Waals surface area contributed by atoms with E-state index in [0.29, 0.717) is 17.1 Å². The molecule has 0 aliphatic heterocycles. The van der Waals surface area contributed by atoms with Gasteiger partial charge in [-0.05, 0) is 50.5 Å². The SMILES string of the molecule is CCSSC[C@@H](NC(=O)[C@H](CC(=O)O)NC(=O)[C@H](CCCN=C(N)N)NC(=O)[C@H](CC(=O)O)NC(=O)CC[C@@H](C)NC(=O)c1ccc(NCc2cnc3nc(N)[nH]c(=O)c3n2)cc1)C(=O)O. The van der Waals surface area contributed by atoms with Crippen LogP contribution in [-0.4, -0.2) is 137 Å². The van der Waals surface area contributed by atoms with E-state index in [1.54, 1.807) is 31.2 Å². The lowest BCUT2D eigenvalue weighted by atomic mass is 10.1. The van der Waals surface area contributed by atoms with Crippen LogP contribution in [-0.2, 0) is 40.1 Å². The number of carbonyl (C=O) groups is 8. The molecule has 66 heavy (non-hydrogen) atoms. The first-order valence-electron chi connectivity index (χ1n) is 20.1. The number of anilines is 2. The number of carboxylic acids is 3. The number of guanidine groups is 1. The molecular formula is C38H52N14O12S2. The Hall–Kier alpha value is -7.23. The molecule has 28 heteroatoms. The fourth-order valence-corrected chi connectivity index (χ4v) is 7.53. The molecule has 0 fully saturated rings. The lowest BCUT2D eigenvalue weighted by Gasteiger charge is -2.25. The molecule has 2 heterocycles. The Labute approximate surface area is 383 Å². The monoisotopic (exact) mass is 960 g/mol. The van der Waals surface area contributed by atoms with Crippen molar-refractivity contribution in [3.8, 4) is 0 Å². The molecule has 5 amide bonds. The summed E-state index contributed by atoms with van der Waals surface area (Å²) < 4.78 is 0. The highest BCUT2D eigenvalue weighted by atomic mass is 33.1. The Morgan fingerprint density at radius 3 is 2.02 bits per heavy atom. The van der Waals surface area contributed by atoms with Crippen molar-refractivity contribution in [2.24, 2.45) is 16.5 Å². The van der Waals surface area contributed by atoms with Crippen LogP contribution in [0.1, 0.15) is 68.4 Å². The number of benzene rings is 1. The largest absolute Gasteiger partial charge is 0.481 e. The molecule has 0 bridgehead atoms. The van der Waals surface area contributed by atoms with Crippen LogP contribution < -0.4 is 54.7 Å². The minimum absolute atomic E-state index is 0.0228. The number of aliphatic carboxylic acids is 3. The van der Waals surface area contributed by atoms with Gasteiger partial charge in [-0.3, -0.25) is 48.3 Å². The number of carboxylic acid groups (broad SMARTS) is 3. The summed E-state index contributed by atoms with van der Waals surface area (Å²) in [6.07, 6.45) is -0.856. The summed E-state index contributed by atoms with van der Waals surface area (Å²) in [6.45, 7) is 3.61. The highest BCUT2D eigenvalue weighted by Crippen LogP contribution is 2.21. The van der Waals surface area contributed by atoms with Crippen LogP contribution in [0, 0.1) is 0 Å². The maximum Gasteiger partial charge on any atom is 0.327 e. The Kier molecular flexibility index (Phi) is 21.4. The minimum atomic E-state index is -1.80. The summed E-state index contributed by atoms with van der Waals surface area (Å²) in [6, 6.07) is -0.725. The van der Waals surface area contributed by atoms with Crippen molar-refractivity contribution in [1.29, 1.82) is 0 Å². The van der Waals surface area contributed by atoms with Gasteiger partial charge in [0.15, 0.2) is 17.1 Å². The fourth-order valence-electron chi connectivity index (χ4n) is 5.71. The summed E-state index contributed by atoms with van der Waals surface area (Å²) in [5.41, 5.74) is 17.2. The van der Waals surface area contributed by atoms with Gasteiger partial charge in [0, 0.05) is 41.8 Å². The molecule has 3 rings (SSSR count). The van der Waals surface area contributed by atoms with E-state index < -0.39 is 96.1 Å². The normalized spacial score (nSPS) is 13.1. The van der Waals surface area contributed by atoms with Gasteiger partial charge in [0.2, 0.25) is 29.6 Å². The molecule has 0 saturated heterocycles. The molecule has 0 saturated carbocycles. The van der Waals surface area contributed by atoms with Crippen molar-refractivity contribution in [3.05, 3.63) is 52.1 Å². The third-order valence-electron chi connectivity index (χ3n) is 8.96. The minimum Gasteiger partial charge on any atom is -0.481 e. The summed E-state index contributed by atoms with van der Waals surface area (Å²) in [4.78, 5) is 132. The number of nitrogens with zero attached hydrogens (tertiary/aromatic N) is 4. The van der Waals surface area contributed by atoms with E-state index in [2.05, 4.69) is 56.8 Å². The number of aliphatic imine (C=N–C) groups is 1. The van der Waals surface area contributed by atoms with Gasteiger partial charge in [0.25, 0.3) is 11.5 Å².